The van der Waals surface area contributed by atoms with Gasteiger partial charge in [0.1, 0.15) is 17.6 Å². The molecule has 0 aliphatic carbocycles. The lowest BCUT2D eigenvalue weighted by Crippen LogP contribution is -2.34. The number of hydrazone groups is 1. The number of ketones is 1. The van der Waals surface area contributed by atoms with Gasteiger partial charge < -0.3 is 9.88 Å². The first-order chi connectivity index (χ1) is 11.6. The molecule has 1 N–H and O–H groups in total. The molecule has 0 saturated heterocycles. The van der Waals surface area contributed by atoms with Crippen LogP contribution >= 0.6 is 0 Å². The number of benzene rings is 1. The Morgan fingerprint density at radius 2 is 2.04 bits per heavy atom. The number of aryl methyl sites for hydroxylation is 1. The zero-order valence-electron chi connectivity index (χ0n) is 13.6. The number of Topliss-reactive ketones (excluding diaryl/α,β-unsaturated/α-hetero) is 1. The Labute approximate surface area is 140 Å². The van der Waals surface area contributed by atoms with Gasteiger partial charge in [-0.15, -0.1) is 0 Å². The first-order valence-electron chi connectivity index (χ1n) is 7.73. The largest absolute Gasteiger partial charge is 0.344 e. The number of imidazole rings is 1. The molecular formula is C17H19N5O2. The summed E-state index contributed by atoms with van der Waals surface area (Å²) in [5.41, 5.74) is 1.15. The number of aromatic nitrogens is 2. The van der Waals surface area contributed by atoms with Crippen molar-refractivity contribution in [2.24, 2.45) is 12.1 Å². The van der Waals surface area contributed by atoms with Crippen LogP contribution in [0.4, 0.5) is 5.69 Å². The van der Waals surface area contributed by atoms with Crippen molar-refractivity contribution in [3.63, 3.8) is 0 Å². The minimum atomic E-state index is -0.443. The van der Waals surface area contributed by atoms with E-state index in [0.29, 0.717) is 18.7 Å². The number of nitrogens with zero attached hydrogens (tertiary/aromatic N) is 4. The Morgan fingerprint density at radius 1 is 1.29 bits per heavy atom. The van der Waals surface area contributed by atoms with Gasteiger partial charge >= 0.3 is 0 Å². The first kappa shape index (κ1) is 15.9. The maximum absolute atomic E-state index is 12.4. The summed E-state index contributed by atoms with van der Waals surface area (Å²) in [5.74, 6) is 0.460. The Balaban J connectivity index is 1.74. The third-order valence-corrected chi connectivity index (χ3v) is 3.99. The molecule has 124 valence electrons. The summed E-state index contributed by atoms with van der Waals surface area (Å²) in [5, 5.41) is 8.80. The molecule has 1 unspecified atom stereocenters. The second-order valence-corrected chi connectivity index (χ2v) is 5.69. The van der Waals surface area contributed by atoms with Gasteiger partial charge in [0.2, 0.25) is 0 Å². The molecule has 2 heterocycles. The van der Waals surface area contributed by atoms with Crippen molar-refractivity contribution in [1.82, 2.24) is 14.9 Å². The fourth-order valence-electron chi connectivity index (χ4n) is 2.61. The molecular weight excluding hydrogens is 306 g/mol. The van der Waals surface area contributed by atoms with E-state index >= 15 is 0 Å². The average molecular weight is 325 g/mol. The molecule has 0 bridgehead atoms. The lowest BCUT2D eigenvalue weighted by Gasteiger charge is -2.20. The van der Waals surface area contributed by atoms with Crippen molar-refractivity contribution in [2.45, 2.75) is 25.9 Å². The van der Waals surface area contributed by atoms with Crippen molar-refractivity contribution >= 4 is 23.1 Å². The molecule has 1 aromatic heterocycles. The highest BCUT2D eigenvalue weighted by Crippen LogP contribution is 2.24. The van der Waals surface area contributed by atoms with E-state index in [1.165, 1.54) is 6.92 Å². The Morgan fingerprint density at radius 3 is 2.67 bits per heavy atom. The summed E-state index contributed by atoms with van der Waals surface area (Å²) in [4.78, 5) is 28.5. The molecule has 24 heavy (non-hydrogen) atoms. The third kappa shape index (κ3) is 3.19. The van der Waals surface area contributed by atoms with E-state index < -0.39 is 6.04 Å². The lowest BCUT2D eigenvalue weighted by molar-refractivity contribution is -0.118. The SMILES string of the molecule is CC(=O)C1CC(C(=O)NCc2nccn2C)=NN1c1ccccc1. The van der Waals surface area contributed by atoms with Crippen LogP contribution in [-0.4, -0.2) is 33.0 Å². The summed E-state index contributed by atoms with van der Waals surface area (Å²) < 4.78 is 1.84. The van der Waals surface area contributed by atoms with Crippen molar-refractivity contribution in [1.29, 1.82) is 0 Å². The molecule has 1 aliphatic heterocycles. The predicted octanol–water partition coefficient (Wildman–Crippen LogP) is 1.26. The maximum Gasteiger partial charge on any atom is 0.267 e. The number of carbonyl (C=O) groups is 2. The summed E-state index contributed by atoms with van der Waals surface area (Å²) in [6, 6.07) is 8.94. The van der Waals surface area contributed by atoms with Gasteiger partial charge in [-0.05, 0) is 19.1 Å². The standard InChI is InChI=1S/C17H19N5O2/c1-12(23)15-10-14(20-22(15)13-6-4-3-5-7-13)17(24)19-11-16-18-8-9-21(16)2/h3-9,15H,10-11H2,1-2H3,(H,19,24). The van der Waals surface area contributed by atoms with Gasteiger partial charge in [0, 0.05) is 25.9 Å². The van der Waals surface area contributed by atoms with E-state index in [4.69, 9.17) is 0 Å². The van der Waals surface area contributed by atoms with Gasteiger partial charge in [0.15, 0.2) is 5.78 Å². The highest BCUT2D eigenvalue weighted by Gasteiger charge is 2.34. The van der Waals surface area contributed by atoms with E-state index in [9.17, 15) is 9.59 Å². The Hall–Kier alpha value is -2.96. The van der Waals surface area contributed by atoms with Crippen LogP contribution in [0.3, 0.4) is 0 Å². The normalized spacial score (nSPS) is 16.8. The molecule has 1 aliphatic rings. The third-order valence-electron chi connectivity index (χ3n) is 3.99. The minimum Gasteiger partial charge on any atom is -0.344 e. The van der Waals surface area contributed by atoms with Gasteiger partial charge in [-0.1, -0.05) is 18.2 Å². The highest BCUT2D eigenvalue weighted by atomic mass is 16.2. The van der Waals surface area contributed by atoms with E-state index in [2.05, 4.69) is 15.4 Å². The molecule has 7 nitrogen and oxygen atoms in total. The zero-order valence-corrected chi connectivity index (χ0v) is 13.6. The fourth-order valence-corrected chi connectivity index (χ4v) is 2.61. The summed E-state index contributed by atoms with van der Waals surface area (Å²) in [6.07, 6.45) is 3.80. The van der Waals surface area contributed by atoms with Gasteiger partial charge in [-0.3, -0.25) is 14.6 Å². The number of amides is 1. The van der Waals surface area contributed by atoms with Crippen molar-refractivity contribution in [3.05, 3.63) is 48.5 Å². The average Bonchev–Trinajstić information content (AvgIpc) is 3.20. The number of carbonyl (C=O) groups excluding carboxylic acids is 2. The second kappa shape index (κ2) is 6.66. The number of nitrogens with one attached hydrogen (secondary N) is 1. The van der Waals surface area contributed by atoms with Crippen LogP contribution in [-0.2, 0) is 23.2 Å². The van der Waals surface area contributed by atoms with Crippen LogP contribution in [0.2, 0.25) is 0 Å². The molecule has 0 radical (unpaired) electrons. The molecule has 1 amide bonds. The second-order valence-electron chi connectivity index (χ2n) is 5.69. The lowest BCUT2D eigenvalue weighted by atomic mass is 10.1. The number of rotatable bonds is 5. The first-order valence-corrected chi connectivity index (χ1v) is 7.73. The fraction of sp³-hybridized carbons (Fsp3) is 0.294. The van der Waals surface area contributed by atoms with Crippen LogP contribution in [0.15, 0.2) is 47.8 Å². The van der Waals surface area contributed by atoms with E-state index in [1.54, 1.807) is 11.2 Å². The van der Waals surface area contributed by atoms with Crippen molar-refractivity contribution in [2.75, 3.05) is 5.01 Å². The van der Waals surface area contributed by atoms with Gasteiger partial charge in [-0.25, -0.2) is 4.98 Å². The molecule has 3 rings (SSSR count). The van der Waals surface area contributed by atoms with E-state index in [1.807, 2.05) is 48.1 Å². The smallest absolute Gasteiger partial charge is 0.267 e. The monoisotopic (exact) mass is 325 g/mol. The van der Waals surface area contributed by atoms with Crippen LogP contribution in [0, 0.1) is 0 Å². The van der Waals surface area contributed by atoms with E-state index in [-0.39, 0.29) is 11.7 Å². The molecule has 1 atom stereocenters. The van der Waals surface area contributed by atoms with Gasteiger partial charge in [0.05, 0.1) is 12.2 Å². The quantitative estimate of drug-likeness (QED) is 0.897. The molecule has 0 spiro atoms. The molecule has 0 fully saturated rings. The summed E-state index contributed by atoms with van der Waals surface area (Å²) in [6.45, 7) is 1.84. The van der Waals surface area contributed by atoms with E-state index in [0.717, 1.165) is 11.5 Å². The van der Waals surface area contributed by atoms with Gasteiger partial charge in [0.25, 0.3) is 5.91 Å². The Kier molecular flexibility index (Phi) is 4.41. The molecule has 2 aromatic rings. The topological polar surface area (TPSA) is 79.6 Å². The number of anilines is 1. The zero-order chi connectivity index (χ0) is 17.1. The predicted molar refractivity (Wildman–Crippen MR) is 90.5 cm³/mol. The van der Waals surface area contributed by atoms with Crippen LogP contribution in [0.5, 0.6) is 0 Å². The number of para-hydroxylation sites is 1. The van der Waals surface area contributed by atoms with Crippen LogP contribution < -0.4 is 10.3 Å². The van der Waals surface area contributed by atoms with Crippen LogP contribution in [0.25, 0.3) is 0 Å². The number of hydrogen-bond acceptors (Lipinski definition) is 5. The minimum absolute atomic E-state index is 0.0190. The van der Waals surface area contributed by atoms with Crippen LogP contribution in [0.1, 0.15) is 19.2 Å². The van der Waals surface area contributed by atoms with Crippen molar-refractivity contribution < 1.29 is 9.59 Å². The number of hydrogen-bond donors (Lipinski definition) is 1. The maximum atomic E-state index is 12.4. The highest BCUT2D eigenvalue weighted by molar-refractivity contribution is 6.40. The summed E-state index contributed by atoms with van der Waals surface area (Å²) >= 11 is 0. The summed E-state index contributed by atoms with van der Waals surface area (Å²) in [7, 11) is 1.87. The molecule has 7 heteroatoms. The molecule has 1 aromatic carbocycles. The Bertz CT molecular complexity index is 781. The molecule has 0 saturated carbocycles. The van der Waals surface area contributed by atoms with Crippen molar-refractivity contribution in [3.8, 4) is 0 Å². The van der Waals surface area contributed by atoms with Gasteiger partial charge in [-0.2, -0.15) is 5.10 Å².